The highest BCUT2D eigenvalue weighted by Crippen LogP contribution is 2.38. The average Bonchev–Trinajstić information content (AvgIpc) is 2.60. The number of hydrogen-bond donors (Lipinski definition) is 0. The number of pyridine rings is 1. The van der Waals surface area contributed by atoms with E-state index in [1.54, 1.807) is 24.3 Å². The number of hydrogen-bond acceptors (Lipinski definition) is 2. The zero-order valence-electron chi connectivity index (χ0n) is 12.6. The van der Waals surface area contributed by atoms with Gasteiger partial charge in [0.15, 0.2) is 0 Å². The van der Waals surface area contributed by atoms with Crippen molar-refractivity contribution in [3.8, 4) is 28.6 Å². The van der Waals surface area contributed by atoms with E-state index in [9.17, 15) is 5.26 Å². The summed E-state index contributed by atoms with van der Waals surface area (Å²) in [6.45, 7) is 0. The van der Waals surface area contributed by atoms with Crippen LogP contribution in [0.5, 0.6) is 0 Å². The number of rotatable bonds is 2. The molecule has 0 saturated heterocycles. The van der Waals surface area contributed by atoms with Crippen LogP contribution in [-0.2, 0) is 0 Å². The number of halogens is 6. The van der Waals surface area contributed by atoms with Crippen molar-refractivity contribution in [2.45, 2.75) is 0 Å². The van der Waals surface area contributed by atoms with Gasteiger partial charge in [-0.15, -0.1) is 0 Å². The summed E-state index contributed by atoms with van der Waals surface area (Å²) in [6.07, 6.45) is 0. The SMILES string of the molecule is N#Cc1cc(-c2cc(Cl)c(Cl)cc2Cl)nc(-c2cc(Cl)c(Cl)cc2Cl)c1. The van der Waals surface area contributed by atoms with Crippen LogP contribution in [0.1, 0.15) is 5.56 Å². The zero-order valence-corrected chi connectivity index (χ0v) is 17.2. The van der Waals surface area contributed by atoms with Crippen molar-refractivity contribution in [2.24, 2.45) is 0 Å². The topological polar surface area (TPSA) is 36.7 Å². The van der Waals surface area contributed by atoms with E-state index in [2.05, 4.69) is 11.1 Å². The fraction of sp³-hybridized carbons (Fsp3) is 0. The second-order valence-electron chi connectivity index (χ2n) is 5.23. The lowest BCUT2D eigenvalue weighted by molar-refractivity contribution is 1.31. The monoisotopic (exact) mass is 460 g/mol. The predicted octanol–water partition coefficient (Wildman–Crippen LogP) is 8.21. The summed E-state index contributed by atoms with van der Waals surface area (Å²) >= 11 is 36.7. The summed E-state index contributed by atoms with van der Waals surface area (Å²) in [7, 11) is 0. The van der Waals surface area contributed by atoms with E-state index in [0.29, 0.717) is 58.2 Å². The summed E-state index contributed by atoms with van der Waals surface area (Å²) in [5, 5.41) is 11.4. The molecule has 130 valence electrons. The van der Waals surface area contributed by atoms with Crippen LogP contribution in [0.4, 0.5) is 0 Å². The van der Waals surface area contributed by atoms with Gasteiger partial charge in [0.1, 0.15) is 0 Å². The molecule has 3 rings (SSSR count). The minimum Gasteiger partial charge on any atom is -0.248 e. The summed E-state index contributed by atoms with van der Waals surface area (Å²) in [5.41, 5.74) is 2.34. The quantitative estimate of drug-likeness (QED) is 0.360. The van der Waals surface area contributed by atoms with Gasteiger partial charge in [-0.3, -0.25) is 0 Å². The maximum atomic E-state index is 9.38. The molecule has 0 bridgehead atoms. The lowest BCUT2D eigenvalue weighted by Crippen LogP contribution is -1.93. The Morgan fingerprint density at radius 2 is 0.962 bits per heavy atom. The van der Waals surface area contributed by atoms with E-state index in [1.807, 2.05) is 0 Å². The minimum absolute atomic E-state index is 0.323. The maximum absolute atomic E-state index is 9.38. The van der Waals surface area contributed by atoms with Gasteiger partial charge < -0.3 is 0 Å². The molecule has 1 heterocycles. The normalized spacial score (nSPS) is 10.7. The first-order valence-electron chi connectivity index (χ1n) is 7.02. The van der Waals surface area contributed by atoms with Crippen molar-refractivity contribution in [2.75, 3.05) is 0 Å². The molecule has 0 aliphatic rings. The molecule has 0 unspecified atom stereocenters. The molecule has 0 aliphatic carbocycles. The third-order valence-corrected chi connectivity index (χ3v) is 5.60. The van der Waals surface area contributed by atoms with Crippen molar-refractivity contribution in [3.05, 3.63) is 72.1 Å². The molecule has 0 N–H and O–H groups in total. The van der Waals surface area contributed by atoms with E-state index in [0.717, 1.165) is 0 Å². The predicted molar refractivity (Wildman–Crippen MR) is 110 cm³/mol. The molecule has 0 atom stereocenters. The fourth-order valence-corrected chi connectivity index (χ4v) is 3.60. The molecule has 2 aromatic carbocycles. The van der Waals surface area contributed by atoms with Crippen molar-refractivity contribution >= 4 is 69.6 Å². The van der Waals surface area contributed by atoms with Crippen LogP contribution in [0, 0.1) is 11.3 Å². The van der Waals surface area contributed by atoms with Gasteiger partial charge in [0, 0.05) is 11.1 Å². The first-order valence-corrected chi connectivity index (χ1v) is 9.29. The van der Waals surface area contributed by atoms with Crippen LogP contribution < -0.4 is 0 Å². The Bertz CT molecular complexity index is 997. The lowest BCUT2D eigenvalue weighted by atomic mass is 10.0. The van der Waals surface area contributed by atoms with E-state index < -0.39 is 0 Å². The van der Waals surface area contributed by atoms with Crippen molar-refractivity contribution in [1.29, 1.82) is 5.26 Å². The Morgan fingerprint density at radius 1 is 0.577 bits per heavy atom. The van der Waals surface area contributed by atoms with Crippen LogP contribution >= 0.6 is 69.6 Å². The molecule has 0 fully saturated rings. The van der Waals surface area contributed by atoms with Gasteiger partial charge in [-0.2, -0.15) is 5.26 Å². The van der Waals surface area contributed by atoms with Crippen LogP contribution in [0.3, 0.4) is 0 Å². The molecule has 8 heteroatoms. The van der Waals surface area contributed by atoms with Crippen LogP contribution in [0.25, 0.3) is 22.5 Å². The summed E-state index contributed by atoms with van der Waals surface area (Å²) in [6, 6.07) is 11.5. The van der Waals surface area contributed by atoms with Crippen molar-refractivity contribution in [3.63, 3.8) is 0 Å². The highest BCUT2D eigenvalue weighted by molar-refractivity contribution is 6.44. The van der Waals surface area contributed by atoms with Gasteiger partial charge in [0.25, 0.3) is 0 Å². The number of nitrogens with zero attached hydrogens (tertiary/aromatic N) is 2. The molecule has 0 amide bonds. The van der Waals surface area contributed by atoms with Gasteiger partial charge in [-0.25, -0.2) is 4.98 Å². The van der Waals surface area contributed by atoms with E-state index in [1.165, 1.54) is 12.1 Å². The largest absolute Gasteiger partial charge is 0.248 e. The molecule has 0 spiro atoms. The smallest absolute Gasteiger partial charge is 0.0993 e. The molecule has 0 radical (unpaired) electrons. The van der Waals surface area contributed by atoms with E-state index >= 15 is 0 Å². The Hall–Kier alpha value is -1.18. The first kappa shape index (κ1) is 19.6. The van der Waals surface area contributed by atoms with Gasteiger partial charge in [-0.05, 0) is 36.4 Å². The second-order valence-corrected chi connectivity index (χ2v) is 7.67. The third-order valence-electron chi connectivity index (χ3n) is 3.53. The van der Waals surface area contributed by atoms with Crippen LogP contribution in [0.15, 0.2) is 36.4 Å². The second kappa shape index (κ2) is 7.82. The van der Waals surface area contributed by atoms with Crippen LogP contribution in [-0.4, -0.2) is 4.98 Å². The summed E-state index contributed by atoms with van der Waals surface area (Å²) in [4.78, 5) is 4.56. The number of benzene rings is 2. The zero-order chi connectivity index (χ0) is 19.0. The molecule has 0 saturated carbocycles. The number of aromatic nitrogens is 1. The molecule has 2 nitrogen and oxygen atoms in total. The van der Waals surface area contributed by atoms with Gasteiger partial charge in [-0.1, -0.05) is 69.6 Å². The Kier molecular flexibility index (Phi) is 5.89. The average molecular weight is 463 g/mol. The molecule has 0 aliphatic heterocycles. The standard InChI is InChI=1S/C18H6Cl6N2/c19-11-5-15(23)13(21)3-9(11)17-1-8(7-25)2-18(26-17)10-4-14(22)16(24)6-12(10)20/h1-6H. The Balaban J connectivity index is 2.26. The molecule has 3 aromatic rings. The summed E-state index contributed by atoms with van der Waals surface area (Å²) in [5.74, 6) is 0. The first-order chi connectivity index (χ1) is 12.3. The lowest BCUT2D eigenvalue weighted by Gasteiger charge is -2.11. The minimum atomic E-state index is 0.323. The van der Waals surface area contributed by atoms with Crippen molar-refractivity contribution in [1.82, 2.24) is 4.98 Å². The molecular weight excluding hydrogens is 457 g/mol. The molecular formula is C18H6Cl6N2. The Labute approximate surface area is 179 Å². The number of nitriles is 1. The fourth-order valence-electron chi connectivity index (χ4n) is 2.31. The summed E-state index contributed by atoms with van der Waals surface area (Å²) < 4.78 is 0. The Morgan fingerprint density at radius 3 is 1.35 bits per heavy atom. The molecule has 1 aromatic heterocycles. The van der Waals surface area contributed by atoms with E-state index in [-0.39, 0.29) is 0 Å². The third kappa shape index (κ3) is 3.89. The van der Waals surface area contributed by atoms with E-state index in [4.69, 9.17) is 69.6 Å². The maximum Gasteiger partial charge on any atom is 0.0993 e. The van der Waals surface area contributed by atoms with Gasteiger partial charge in [0.05, 0.1) is 53.2 Å². The van der Waals surface area contributed by atoms with Gasteiger partial charge >= 0.3 is 0 Å². The highest BCUT2D eigenvalue weighted by Gasteiger charge is 2.15. The van der Waals surface area contributed by atoms with Crippen LogP contribution in [0.2, 0.25) is 30.1 Å². The highest BCUT2D eigenvalue weighted by atomic mass is 35.5. The van der Waals surface area contributed by atoms with Gasteiger partial charge in [0.2, 0.25) is 0 Å². The van der Waals surface area contributed by atoms with Crippen molar-refractivity contribution < 1.29 is 0 Å². The molecule has 26 heavy (non-hydrogen) atoms.